The van der Waals surface area contributed by atoms with Crippen LogP contribution in [0, 0.1) is 0 Å². The van der Waals surface area contributed by atoms with E-state index in [-0.39, 0.29) is 18.9 Å². The van der Waals surface area contributed by atoms with E-state index in [0.29, 0.717) is 0 Å². The summed E-state index contributed by atoms with van der Waals surface area (Å²) in [5, 5.41) is 11.9. The van der Waals surface area contributed by atoms with E-state index in [0.717, 1.165) is 0 Å². The lowest BCUT2D eigenvalue weighted by molar-refractivity contribution is -0.125. The maximum Gasteiger partial charge on any atom is 0.261 e. The van der Waals surface area contributed by atoms with Crippen LogP contribution in [-0.4, -0.2) is 42.3 Å². The van der Waals surface area contributed by atoms with Crippen LogP contribution in [0.1, 0.15) is 27.2 Å². The number of ether oxygens (including phenoxy) is 1. The fraction of sp³-hybridized carbons (Fsp3) is 0.900. The zero-order chi connectivity index (χ0) is 12.8. The Balaban J connectivity index is 3.75. The number of aliphatic hydroxyl groups excluding tert-OH is 1. The number of aliphatic hydroxyl groups is 1. The molecule has 1 unspecified atom stereocenters. The molecule has 1 amide bonds. The third kappa shape index (κ3) is 6.68. The molecule has 0 aromatic heterocycles. The van der Waals surface area contributed by atoms with Gasteiger partial charge < -0.3 is 15.2 Å². The molecule has 0 radical (unpaired) electrons. The summed E-state index contributed by atoms with van der Waals surface area (Å²) in [6, 6.07) is 0. The highest BCUT2D eigenvalue weighted by molar-refractivity contribution is 5.76. The lowest BCUT2D eigenvalue weighted by Crippen LogP contribution is -2.51. The van der Waals surface area contributed by atoms with Gasteiger partial charge in [-0.3, -0.25) is 4.79 Å². The summed E-state index contributed by atoms with van der Waals surface area (Å²) >= 11 is 0. The summed E-state index contributed by atoms with van der Waals surface area (Å²) in [7, 11) is 0. The second kappa shape index (κ2) is 6.75. The Labute approximate surface area is 94.0 Å². The average molecular weight is 239 g/mol. The van der Waals surface area contributed by atoms with Crippen molar-refractivity contribution in [2.45, 2.75) is 45.3 Å². The van der Waals surface area contributed by atoms with E-state index in [1.807, 2.05) is 0 Å². The monoisotopic (exact) mass is 239 g/mol. The van der Waals surface area contributed by atoms with E-state index in [4.69, 9.17) is 0 Å². The van der Waals surface area contributed by atoms with Gasteiger partial charge in [-0.1, -0.05) is 0 Å². The van der Waals surface area contributed by atoms with Gasteiger partial charge >= 0.3 is 0 Å². The van der Waals surface area contributed by atoms with Gasteiger partial charge in [-0.2, -0.15) is 0 Å². The third-order valence-corrected chi connectivity index (χ3v) is 2.22. The fourth-order valence-corrected chi connectivity index (χ4v) is 0.864. The average Bonchev–Trinajstić information content (AvgIpc) is 2.11. The zero-order valence-electron chi connectivity index (χ0n) is 9.80. The SMILES string of the molecule is CC(O)C(C)(C)NC(=O)CCOCC(F)F. The van der Waals surface area contributed by atoms with Gasteiger partial charge in [-0.15, -0.1) is 0 Å². The Morgan fingerprint density at radius 1 is 1.50 bits per heavy atom. The minimum absolute atomic E-state index is 0.00285. The lowest BCUT2D eigenvalue weighted by Gasteiger charge is -2.29. The quantitative estimate of drug-likeness (QED) is 0.650. The highest BCUT2D eigenvalue weighted by atomic mass is 19.3. The topological polar surface area (TPSA) is 58.6 Å². The maximum absolute atomic E-state index is 11.7. The number of hydrogen-bond donors (Lipinski definition) is 2. The number of alkyl halides is 2. The fourth-order valence-electron chi connectivity index (χ4n) is 0.864. The van der Waals surface area contributed by atoms with Crippen LogP contribution >= 0.6 is 0 Å². The number of hydrogen-bond acceptors (Lipinski definition) is 3. The molecule has 0 heterocycles. The summed E-state index contributed by atoms with van der Waals surface area (Å²) in [5.74, 6) is -0.333. The summed E-state index contributed by atoms with van der Waals surface area (Å²) in [6.45, 7) is 4.21. The molecule has 0 aliphatic carbocycles. The van der Waals surface area contributed by atoms with E-state index in [1.54, 1.807) is 20.8 Å². The van der Waals surface area contributed by atoms with Crippen molar-refractivity contribution < 1.29 is 23.4 Å². The van der Waals surface area contributed by atoms with Crippen molar-refractivity contribution in [2.75, 3.05) is 13.2 Å². The predicted octanol–water partition coefficient (Wildman–Crippen LogP) is 0.934. The summed E-state index contributed by atoms with van der Waals surface area (Å²) < 4.78 is 27.9. The molecule has 0 saturated carbocycles. The van der Waals surface area contributed by atoms with Crippen LogP contribution in [0.25, 0.3) is 0 Å². The standard InChI is InChI=1S/C10H19F2NO3/c1-7(14)10(2,3)13-9(15)4-5-16-6-8(11)12/h7-8,14H,4-6H2,1-3H3,(H,13,15). The number of nitrogens with one attached hydrogen (secondary N) is 1. The van der Waals surface area contributed by atoms with Gasteiger partial charge in [-0.05, 0) is 20.8 Å². The van der Waals surface area contributed by atoms with E-state index in [1.165, 1.54) is 0 Å². The first-order valence-corrected chi connectivity index (χ1v) is 5.10. The van der Waals surface area contributed by atoms with Crippen molar-refractivity contribution in [3.63, 3.8) is 0 Å². The Morgan fingerprint density at radius 2 is 2.06 bits per heavy atom. The van der Waals surface area contributed by atoms with Crippen LogP contribution in [0.4, 0.5) is 8.78 Å². The first-order valence-electron chi connectivity index (χ1n) is 5.10. The highest BCUT2D eigenvalue weighted by Crippen LogP contribution is 2.08. The molecule has 0 spiro atoms. The number of amides is 1. The number of halogens is 2. The molecule has 0 aromatic rings. The first-order chi connectivity index (χ1) is 7.25. The van der Waals surface area contributed by atoms with Gasteiger partial charge in [0.25, 0.3) is 6.43 Å². The number of carbonyl (C=O) groups excluding carboxylic acids is 1. The minimum atomic E-state index is -2.52. The summed E-state index contributed by atoms with van der Waals surface area (Å²) in [5.41, 5.74) is -0.736. The van der Waals surface area contributed by atoms with Crippen molar-refractivity contribution in [2.24, 2.45) is 0 Å². The molecule has 0 saturated heterocycles. The smallest absolute Gasteiger partial charge is 0.261 e. The molecule has 0 aliphatic heterocycles. The number of rotatable bonds is 7. The van der Waals surface area contributed by atoms with Crippen LogP contribution in [0.15, 0.2) is 0 Å². The zero-order valence-corrected chi connectivity index (χ0v) is 9.80. The molecular formula is C10H19F2NO3. The van der Waals surface area contributed by atoms with Crippen molar-refractivity contribution in [3.8, 4) is 0 Å². The van der Waals surface area contributed by atoms with Crippen LogP contribution in [0.3, 0.4) is 0 Å². The summed E-state index contributed by atoms with van der Waals surface area (Å²) in [6.07, 6.45) is -3.21. The van der Waals surface area contributed by atoms with Gasteiger partial charge in [0.15, 0.2) is 0 Å². The number of carbonyl (C=O) groups is 1. The van der Waals surface area contributed by atoms with Gasteiger partial charge in [0, 0.05) is 6.42 Å². The van der Waals surface area contributed by atoms with E-state index in [9.17, 15) is 18.7 Å². The van der Waals surface area contributed by atoms with Crippen LogP contribution < -0.4 is 5.32 Å². The van der Waals surface area contributed by atoms with Gasteiger partial charge in [0.2, 0.25) is 5.91 Å². The Bertz CT molecular complexity index is 220. The van der Waals surface area contributed by atoms with E-state index < -0.39 is 24.7 Å². The molecule has 2 N–H and O–H groups in total. The van der Waals surface area contributed by atoms with Gasteiger partial charge in [0.1, 0.15) is 6.61 Å². The van der Waals surface area contributed by atoms with Crippen molar-refractivity contribution in [1.82, 2.24) is 5.32 Å². The van der Waals surface area contributed by atoms with Crippen LogP contribution in [0.5, 0.6) is 0 Å². The molecule has 0 fully saturated rings. The predicted molar refractivity (Wildman–Crippen MR) is 55.3 cm³/mol. The molecule has 6 heteroatoms. The minimum Gasteiger partial charge on any atom is -0.391 e. The van der Waals surface area contributed by atoms with Gasteiger partial charge in [0.05, 0.1) is 18.2 Å². The van der Waals surface area contributed by atoms with Crippen molar-refractivity contribution in [1.29, 1.82) is 0 Å². The highest BCUT2D eigenvalue weighted by Gasteiger charge is 2.25. The van der Waals surface area contributed by atoms with Gasteiger partial charge in [-0.25, -0.2) is 8.78 Å². The molecule has 0 rings (SSSR count). The molecule has 4 nitrogen and oxygen atoms in total. The van der Waals surface area contributed by atoms with Crippen LogP contribution in [0.2, 0.25) is 0 Å². The lowest BCUT2D eigenvalue weighted by atomic mass is 9.99. The maximum atomic E-state index is 11.7. The Hall–Kier alpha value is -0.750. The van der Waals surface area contributed by atoms with E-state index >= 15 is 0 Å². The molecule has 0 aromatic carbocycles. The molecule has 16 heavy (non-hydrogen) atoms. The first kappa shape index (κ1) is 15.2. The Kier molecular flexibility index (Phi) is 6.43. The normalized spacial score (nSPS) is 13.9. The van der Waals surface area contributed by atoms with Crippen LogP contribution in [-0.2, 0) is 9.53 Å². The Morgan fingerprint density at radius 3 is 2.50 bits per heavy atom. The third-order valence-electron chi connectivity index (χ3n) is 2.22. The second-order valence-electron chi connectivity index (χ2n) is 4.16. The summed E-state index contributed by atoms with van der Waals surface area (Å²) in [4.78, 5) is 11.3. The van der Waals surface area contributed by atoms with Crippen molar-refractivity contribution in [3.05, 3.63) is 0 Å². The molecule has 1 atom stereocenters. The molecular weight excluding hydrogens is 220 g/mol. The van der Waals surface area contributed by atoms with Crippen molar-refractivity contribution >= 4 is 5.91 Å². The molecule has 0 aliphatic rings. The largest absolute Gasteiger partial charge is 0.391 e. The van der Waals surface area contributed by atoms with E-state index in [2.05, 4.69) is 10.1 Å². The second-order valence-corrected chi connectivity index (χ2v) is 4.16. The molecule has 96 valence electrons. The molecule has 0 bridgehead atoms.